The first kappa shape index (κ1) is 49.4. The fourth-order valence-corrected chi connectivity index (χ4v) is 10.2. The Balaban J connectivity index is 1.26. The molecule has 9 rings (SSSR count). The zero-order chi connectivity index (χ0) is 51.0. The smallest absolute Gasteiger partial charge is 0.0495 e. The van der Waals surface area contributed by atoms with Gasteiger partial charge < -0.3 is 19.6 Å². The Labute approximate surface area is 434 Å². The molecule has 0 atom stereocenters. The zero-order valence-electron chi connectivity index (χ0n) is 43.3. The molecule has 4 heteroatoms. The predicted molar refractivity (Wildman–Crippen MR) is 315 cm³/mol. The van der Waals surface area contributed by atoms with E-state index in [0.29, 0.717) is 0 Å². The number of para-hydroxylation sites is 3. The highest BCUT2D eigenvalue weighted by Crippen LogP contribution is 2.49. The molecular weight excluding hydrogens is 885 g/mol. The van der Waals surface area contributed by atoms with Crippen LogP contribution in [0.3, 0.4) is 0 Å². The SMILES string of the molecule is C=CCc1cccc(N(c2ccccc2)c2cc(C)c(N(c3cc(C)c(N(c4ccccc4)c4cccc(CC=C)c4)cc3C)c3cc(C)c(N(c4ccccc4)c4cccc(CC=C)c4)cc3C)cc2C)c1. The van der Waals surface area contributed by atoms with Crippen LogP contribution in [0.4, 0.5) is 68.2 Å². The van der Waals surface area contributed by atoms with E-state index in [0.717, 1.165) is 121 Å². The normalized spacial score (nSPS) is 10.9. The second-order valence-corrected chi connectivity index (χ2v) is 19.1. The van der Waals surface area contributed by atoms with Crippen LogP contribution in [-0.2, 0) is 19.3 Å². The van der Waals surface area contributed by atoms with Crippen LogP contribution in [0.2, 0.25) is 0 Å². The lowest BCUT2D eigenvalue weighted by Crippen LogP contribution is -2.18. The fourth-order valence-electron chi connectivity index (χ4n) is 10.2. The molecule has 0 aliphatic rings. The number of hydrogen-bond donors (Lipinski definition) is 0. The lowest BCUT2D eigenvalue weighted by molar-refractivity contribution is 1.15. The Morgan fingerprint density at radius 1 is 0.260 bits per heavy atom. The van der Waals surface area contributed by atoms with Crippen molar-refractivity contribution in [3.63, 3.8) is 0 Å². The van der Waals surface area contributed by atoms with Gasteiger partial charge in [-0.05, 0) is 220 Å². The predicted octanol–water partition coefficient (Wildman–Crippen LogP) is 19.6. The van der Waals surface area contributed by atoms with Crippen LogP contribution in [0.5, 0.6) is 0 Å². The summed E-state index contributed by atoms with van der Waals surface area (Å²) < 4.78 is 0. The minimum absolute atomic E-state index is 0.799. The first-order chi connectivity index (χ1) is 35.6. The van der Waals surface area contributed by atoms with Crippen molar-refractivity contribution in [1.29, 1.82) is 0 Å². The fraction of sp³-hybridized carbons (Fsp3) is 0.130. The summed E-state index contributed by atoms with van der Waals surface area (Å²) in [5.41, 5.74) is 24.0. The van der Waals surface area contributed by atoms with Crippen LogP contribution >= 0.6 is 0 Å². The topological polar surface area (TPSA) is 13.0 Å². The highest BCUT2D eigenvalue weighted by atomic mass is 15.2. The molecule has 73 heavy (non-hydrogen) atoms. The number of anilines is 12. The Kier molecular flexibility index (Phi) is 15.0. The lowest BCUT2D eigenvalue weighted by Gasteiger charge is -2.35. The van der Waals surface area contributed by atoms with Gasteiger partial charge in [0.25, 0.3) is 0 Å². The molecule has 0 radical (unpaired) electrons. The summed E-state index contributed by atoms with van der Waals surface area (Å²) in [4.78, 5) is 9.68. The number of aryl methyl sites for hydroxylation is 6. The number of nitrogens with zero attached hydrogens (tertiary/aromatic N) is 4. The third-order valence-corrected chi connectivity index (χ3v) is 13.7. The first-order valence-corrected chi connectivity index (χ1v) is 25.4. The van der Waals surface area contributed by atoms with Gasteiger partial charge in [0.1, 0.15) is 0 Å². The average molecular weight is 951 g/mol. The van der Waals surface area contributed by atoms with E-state index in [1.807, 2.05) is 18.2 Å². The third kappa shape index (κ3) is 10.6. The Bertz CT molecular complexity index is 3050. The van der Waals surface area contributed by atoms with Crippen molar-refractivity contribution >= 4 is 68.2 Å². The van der Waals surface area contributed by atoms with E-state index < -0.39 is 0 Å². The zero-order valence-corrected chi connectivity index (χ0v) is 43.3. The minimum atomic E-state index is 0.799. The second kappa shape index (κ2) is 22.2. The van der Waals surface area contributed by atoms with E-state index in [9.17, 15) is 0 Å². The maximum Gasteiger partial charge on any atom is 0.0495 e. The minimum Gasteiger partial charge on any atom is -0.310 e. The highest BCUT2D eigenvalue weighted by Gasteiger charge is 2.27. The molecule has 9 aromatic carbocycles. The van der Waals surface area contributed by atoms with Gasteiger partial charge in [-0.1, -0.05) is 109 Å². The molecule has 4 nitrogen and oxygen atoms in total. The number of hydrogen-bond acceptors (Lipinski definition) is 4. The van der Waals surface area contributed by atoms with Crippen LogP contribution in [0.1, 0.15) is 50.1 Å². The van der Waals surface area contributed by atoms with Crippen molar-refractivity contribution in [2.75, 3.05) is 19.6 Å². The molecule has 0 aliphatic carbocycles. The Hall–Kier alpha value is -8.60. The molecular formula is C69H66N4. The van der Waals surface area contributed by atoms with Crippen molar-refractivity contribution < 1.29 is 0 Å². The third-order valence-electron chi connectivity index (χ3n) is 13.7. The van der Waals surface area contributed by atoms with Gasteiger partial charge in [0.15, 0.2) is 0 Å². The average Bonchev–Trinajstić information content (AvgIpc) is 3.40. The van der Waals surface area contributed by atoms with E-state index in [-0.39, 0.29) is 0 Å². The summed E-state index contributed by atoms with van der Waals surface area (Å²) in [6.07, 6.45) is 8.31. The lowest BCUT2D eigenvalue weighted by atomic mass is 9.98. The van der Waals surface area contributed by atoms with Crippen molar-refractivity contribution in [1.82, 2.24) is 0 Å². The molecule has 0 fully saturated rings. The molecule has 0 unspecified atom stereocenters. The largest absolute Gasteiger partial charge is 0.310 e. The maximum absolute atomic E-state index is 4.04. The molecule has 0 saturated carbocycles. The van der Waals surface area contributed by atoms with Gasteiger partial charge in [-0.25, -0.2) is 0 Å². The molecule has 0 amide bonds. The maximum atomic E-state index is 4.04. The number of rotatable bonds is 18. The summed E-state index contributed by atoms with van der Waals surface area (Å²) in [6, 6.07) is 72.9. The summed E-state index contributed by atoms with van der Waals surface area (Å²) in [7, 11) is 0. The molecule has 0 bridgehead atoms. The van der Waals surface area contributed by atoms with Crippen molar-refractivity contribution in [2.45, 2.75) is 60.8 Å². The van der Waals surface area contributed by atoms with Gasteiger partial charge >= 0.3 is 0 Å². The van der Waals surface area contributed by atoms with Crippen LogP contribution in [0.25, 0.3) is 0 Å². The van der Waals surface area contributed by atoms with E-state index in [1.165, 1.54) is 16.7 Å². The summed E-state index contributed by atoms with van der Waals surface area (Å²) in [5.74, 6) is 0. The molecule has 0 saturated heterocycles. The van der Waals surface area contributed by atoms with Gasteiger partial charge in [-0.2, -0.15) is 0 Å². The summed E-state index contributed by atoms with van der Waals surface area (Å²) >= 11 is 0. The molecule has 0 aromatic heterocycles. The van der Waals surface area contributed by atoms with E-state index in [1.54, 1.807) is 0 Å². The number of benzene rings is 9. The van der Waals surface area contributed by atoms with Crippen LogP contribution in [0, 0.1) is 41.5 Å². The van der Waals surface area contributed by atoms with E-state index in [4.69, 9.17) is 0 Å². The molecule has 0 aliphatic heterocycles. The summed E-state index contributed by atoms with van der Waals surface area (Å²) in [5, 5.41) is 0. The molecule has 0 heterocycles. The molecule has 0 N–H and O–H groups in total. The molecule has 362 valence electrons. The first-order valence-electron chi connectivity index (χ1n) is 25.4. The Morgan fingerprint density at radius 2 is 0.479 bits per heavy atom. The quantitative estimate of drug-likeness (QED) is 0.0795. The molecule has 9 aromatic rings. The van der Waals surface area contributed by atoms with Crippen molar-refractivity contribution in [3.05, 3.63) is 288 Å². The van der Waals surface area contributed by atoms with Crippen molar-refractivity contribution in [2.24, 2.45) is 0 Å². The van der Waals surface area contributed by atoms with Gasteiger partial charge in [-0.15, -0.1) is 19.7 Å². The van der Waals surface area contributed by atoms with E-state index >= 15 is 0 Å². The van der Waals surface area contributed by atoms with Gasteiger partial charge in [0, 0.05) is 68.2 Å². The Morgan fingerprint density at radius 3 is 0.712 bits per heavy atom. The van der Waals surface area contributed by atoms with Gasteiger partial charge in [0.05, 0.1) is 0 Å². The summed E-state index contributed by atoms with van der Waals surface area (Å²) in [6.45, 7) is 25.7. The van der Waals surface area contributed by atoms with Crippen molar-refractivity contribution in [3.8, 4) is 0 Å². The van der Waals surface area contributed by atoms with Crippen LogP contribution in [0.15, 0.2) is 238 Å². The monoisotopic (exact) mass is 951 g/mol. The van der Waals surface area contributed by atoms with Crippen LogP contribution < -0.4 is 19.6 Å². The van der Waals surface area contributed by atoms with E-state index in [2.05, 4.69) is 281 Å². The standard InChI is InChI=1S/C69H66N4/c1-10-25-55-28-22-37-61(46-55)70(58-31-16-13-17-32-58)64-40-52(7)67(43-49(64)4)73(68-44-50(5)65(41-53(68)8)71(59-33-18-14-19-34-59)62-38-23-29-56(47-62)26-11-2)69-45-51(6)66(42-54(69)9)72(60-35-20-15-21-36-60)63-39-24-30-57(48-63)27-12-3/h10-24,28-48H,1-3,25-27H2,4-9H3. The van der Waals surface area contributed by atoms with Gasteiger partial charge in [-0.3, -0.25) is 0 Å². The second-order valence-electron chi connectivity index (χ2n) is 19.1. The highest BCUT2D eigenvalue weighted by molar-refractivity contribution is 5.90. The number of allylic oxidation sites excluding steroid dienone is 3. The van der Waals surface area contributed by atoms with Crippen LogP contribution in [-0.4, -0.2) is 0 Å². The molecule has 0 spiro atoms. The van der Waals surface area contributed by atoms with Gasteiger partial charge in [0.2, 0.25) is 0 Å².